The molecular formula is C18H19F3N6. The van der Waals surface area contributed by atoms with Gasteiger partial charge in [-0.05, 0) is 38.1 Å². The van der Waals surface area contributed by atoms with Gasteiger partial charge in [0.25, 0.3) is 0 Å². The Labute approximate surface area is 154 Å². The molecule has 1 fully saturated rings. The number of fused-ring (bicyclic) bond motifs is 1. The van der Waals surface area contributed by atoms with Crippen molar-refractivity contribution in [2.24, 2.45) is 0 Å². The SMILES string of the molecule is Cc1nc2ccc(N3CCN(c4ccc(C(F)(F)F)cn4)CC3)nn2c1C. The molecule has 0 amide bonds. The predicted octanol–water partition coefficient (Wildman–Crippen LogP) is 3.09. The topological polar surface area (TPSA) is 49.6 Å². The number of hydrogen-bond acceptors (Lipinski definition) is 5. The molecule has 6 nitrogen and oxygen atoms in total. The van der Waals surface area contributed by atoms with Crippen molar-refractivity contribution in [3.8, 4) is 0 Å². The summed E-state index contributed by atoms with van der Waals surface area (Å²) in [4.78, 5) is 12.6. The van der Waals surface area contributed by atoms with Gasteiger partial charge in [0.05, 0.1) is 17.0 Å². The van der Waals surface area contributed by atoms with Crippen LogP contribution in [0.3, 0.4) is 0 Å². The molecule has 4 rings (SSSR count). The fourth-order valence-electron chi connectivity index (χ4n) is 3.22. The molecule has 0 N–H and O–H groups in total. The Morgan fingerprint density at radius 2 is 1.52 bits per heavy atom. The van der Waals surface area contributed by atoms with E-state index in [1.54, 1.807) is 0 Å². The van der Waals surface area contributed by atoms with E-state index in [1.807, 2.05) is 35.4 Å². The molecule has 1 aliphatic rings. The molecule has 0 spiro atoms. The van der Waals surface area contributed by atoms with Crippen LogP contribution in [0.5, 0.6) is 0 Å². The Morgan fingerprint density at radius 1 is 0.889 bits per heavy atom. The monoisotopic (exact) mass is 376 g/mol. The van der Waals surface area contributed by atoms with Crippen LogP contribution in [0.15, 0.2) is 30.5 Å². The number of aromatic nitrogens is 4. The number of rotatable bonds is 2. The van der Waals surface area contributed by atoms with E-state index < -0.39 is 11.7 Å². The highest BCUT2D eigenvalue weighted by atomic mass is 19.4. The molecule has 27 heavy (non-hydrogen) atoms. The van der Waals surface area contributed by atoms with E-state index in [4.69, 9.17) is 0 Å². The molecule has 3 aromatic heterocycles. The van der Waals surface area contributed by atoms with Crippen LogP contribution in [0.1, 0.15) is 17.0 Å². The standard InChI is InChI=1S/C18H19F3N6/c1-12-13(2)27-16(23-12)5-6-17(24-27)26-9-7-25(8-10-26)15-4-3-14(11-22-15)18(19,20)21/h3-6,11H,7-10H2,1-2H3. The minimum atomic E-state index is -4.36. The number of pyridine rings is 1. The molecule has 0 aromatic carbocycles. The van der Waals surface area contributed by atoms with E-state index in [0.717, 1.165) is 35.1 Å². The molecule has 1 aliphatic heterocycles. The van der Waals surface area contributed by atoms with Crippen LogP contribution in [-0.4, -0.2) is 45.8 Å². The Bertz CT molecular complexity index is 956. The van der Waals surface area contributed by atoms with Gasteiger partial charge in [0.2, 0.25) is 0 Å². The summed E-state index contributed by atoms with van der Waals surface area (Å²) >= 11 is 0. The Balaban J connectivity index is 1.46. The van der Waals surface area contributed by atoms with Crippen LogP contribution in [0.2, 0.25) is 0 Å². The second-order valence-electron chi connectivity index (χ2n) is 6.62. The van der Waals surface area contributed by atoms with E-state index >= 15 is 0 Å². The molecule has 0 aliphatic carbocycles. The zero-order valence-electron chi connectivity index (χ0n) is 15.0. The van der Waals surface area contributed by atoms with E-state index in [0.29, 0.717) is 32.0 Å². The Hall–Kier alpha value is -2.84. The molecule has 0 unspecified atom stereocenters. The lowest BCUT2D eigenvalue weighted by Gasteiger charge is -2.36. The highest BCUT2D eigenvalue weighted by Crippen LogP contribution is 2.29. The molecule has 9 heteroatoms. The number of anilines is 2. The van der Waals surface area contributed by atoms with Gasteiger partial charge < -0.3 is 9.80 Å². The summed E-state index contributed by atoms with van der Waals surface area (Å²) in [6.45, 7) is 6.71. The van der Waals surface area contributed by atoms with Crippen molar-refractivity contribution in [1.82, 2.24) is 19.6 Å². The summed E-state index contributed by atoms with van der Waals surface area (Å²) < 4.78 is 39.8. The van der Waals surface area contributed by atoms with Crippen LogP contribution < -0.4 is 9.80 Å². The number of hydrogen-bond donors (Lipinski definition) is 0. The van der Waals surface area contributed by atoms with Crippen molar-refractivity contribution in [1.29, 1.82) is 0 Å². The van der Waals surface area contributed by atoms with Gasteiger partial charge in [0.1, 0.15) is 11.6 Å². The van der Waals surface area contributed by atoms with Gasteiger partial charge in [-0.15, -0.1) is 5.10 Å². The molecule has 3 aromatic rings. The van der Waals surface area contributed by atoms with Crippen molar-refractivity contribution in [2.45, 2.75) is 20.0 Å². The number of aryl methyl sites for hydroxylation is 2. The lowest BCUT2D eigenvalue weighted by atomic mass is 10.2. The second-order valence-corrected chi connectivity index (χ2v) is 6.62. The highest BCUT2D eigenvalue weighted by molar-refractivity contribution is 5.50. The maximum absolute atomic E-state index is 12.7. The third kappa shape index (κ3) is 3.29. The van der Waals surface area contributed by atoms with Gasteiger partial charge in [0.15, 0.2) is 5.65 Å². The smallest absolute Gasteiger partial charge is 0.353 e. The van der Waals surface area contributed by atoms with Crippen molar-refractivity contribution in [2.75, 3.05) is 36.0 Å². The summed E-state index contributed by atoms with van der Waals surface area (Å²) in [7, 11) is 0. The highest BCUT2D eigenvalue weighted by Gasteiger charge is 2.31. The molecule has 0 radical (unpaired) electrons. The summed E-state index contributed by atoms with van der Waals surface area (Å²) in [5, 5.41) is 4.68. The van der Waals surface area contributed by atoms with E-state index in [1.165, 1.54) is 6.07 Å². The number of halogens is 3. The minimum absolute atomic E-state index is 0.562. The third-order valence-electron chi connectivity index (χ3n) is 4.93. The molecule has 0 atom stereocenters. The Morgan fingerprint density at radius 3 is 2.11 bits per heavy atom. The quantitative estimate of drug-likeness (QED) is 0.688. The maximum Gasteiger partial charge on any atom is 0.417 e. The summed E-state index contributed by atoms with van der Waals surface area (Å²) in [6.07, 6.45) is -3.47. The van der Waals surface area contributed by atoms with Crippen LogP contribution in [-0.2, 0) is 6.18 Å². The summed E-state index contributed by atoms with van der Waals surface area (Å²) in [5.74, 6) is 1.43. The van der Waals surface area contributed by atoms with Gasteiger partial charge >= 0.3 is 6.18 Å². The van der Waals surface area contributed by atoms with Crippen LogP contribution in [0.4, 0.5) is 24.8 Å². The van der Waals surface area contributed by atoms with E-state index in [9.17, 15) is 13.2 Å². The van der Waals surface area contributed by atoms with Gasteiger partial charge in [-0.3, -0.25) is 0 Å². The number of imidazole rings is 1. The van der Waals surface area contributed by atoms with Crippen molar-refractivity contribution in [3.63, 3.8) is 0 Å². The van der Waals surface area contributed by atoms with E-state index in [-0.39, 0.29) is 0 Å². The first-order chi connectivity index (χ1) is 12.8. The minimum Gasteiger partial charge on any atom is -0.353 e. The van der Waals surface area contributed by atoms with Gasteiger partial charge in [-0.25, -0.2) is 14.5 Å². The van der Waals surface area contributed by atoms with Crippen LogP contribution in [0, 0.1) is 13.8 Å². The molecular weight excluding hydrogens is 357 g/mol. The van der Waals surface area contributed by atoms with Gasteiger partial charge in [-0.2, -0.15) is 13.2 Å². The Kier molecular flexibility index (Phi) is 4.16. The first kappa shape index (κ1) is 17.6. The molecule has 1 saturated heterocycles. The largest absolute Gasteiger partial charge is 0.417 e. The third-order valence-corrected chi connectivity index (χ3v) is 4.93. The molecule has 142 valence electrons. The fourth-order valence-corrected chi connectivity index (χ4v) is 3.22. The lowest BCUT2D eigenvalue weighted by molar-refractivity contribution is -0.137. The number of piperazine rings is 1. The number of alkyl halides is 3. The van der Waals surface area contributed by atoms with Crippen molar-refractivity contribution in [3.05, 3.63) is 47.4 Å². The number of nitrogens with zero attached hydrogens (tertiary/aromatic N) is 6. The summed E-state index contributed by atoms with van der Waals surface area (Å²) in [5.41, 5.74) is 2.06. The maximum atomic E-state index is 12.7. The predicted molar refractivity (Wildman–Crippen MR) is 96.1 cm³/mol. The second kappa shape index (κ2) is 6.40. The van der Waals surface area contributed by atoms with Gasteiger partial charge in [-0.1, -0.05) is 0 Å². The first-order valence-corrected chi connectivity index (χ1v) is 8.69. The van der Waals surface area contributed by atoms with Crippen molar-refractivity contribution < 1.29 is 13.2 Å². The van der Waals surface area contributed by atoms with Crippen LogP contribution in [0.25, 0.3) is 5.65 Å². The molecule has 0 bridgehead atoms. The lowest BCUT2D eigenvalue weighted by Crippen LogP contribution is -2.47. The van der Waals surface area contributed by atoms with Crippen LogP contribution >= 0.6 is 0 Å². The van der Waals surface area contributed by atoms with Crippen molar-refractivity contribution >= 4 is 17.3 Å². The average Bonchev–Trinajstić information content (AvgIpc) is 2.95. The molecule has 4 heterocycles. The van der Waals surface area contributed by atoms with E-state index in [2.05, 4.69) is 20.0 Å². The normalized spacial score (nSPS) is 15.6. The van der Waals surface area contributed by atoms with Gasteiger partial charge in [0, 0.05) is 32.4 Å². The fraction of sp³-hybridized carbons (Fsp3) is 0.389. The average molecular weight is 376 g/mol. The zero-order chi connectivity index (χ0) is 19.2. The molecule has 0 saturated carbocycles. The first-order valence-electron chi connectivity index (χ1n) is 8.69. The summed E-state index contributed by atoms with van der Waals surface area (Å²) in [6, 6.07) is 6.41. The zero-order valence-corrected chi connectivity index (χ0v) is 15.0.